The summed E-state index contributed by atoms with van der Waals surface area (Å²) in [7, 11) is 0. The van der Waals surface area contributed by atoms with Gasteiger partial charge in [-0.15, -0.1) is 23.1 Å². The molecule has 1 aromatic heterocycles. The lowest BCUT2D eigenvalue weighted by Crippen LogP contribution is -2.27. The standard InChI is InChI=1S/C14H15N3O2S2/c18-12(15-7-9-3-2-6-20-9)8-21-13-10-4-1-5-11(10)16-14(19)17-13/h2-3,6,10H,1,4-5,7-8H2,(H,15,18). The van der Waals surface area contributed by atoms with Crippen molar-refractivity contribution in [1.29, 1.82) is 0 Å². The smallest absolute Gasteiger partial charge is 0.350 e. The van der Waals surface area contributed by atoms with E-state index in [1.54, 1.807) is 11.3 Å². The number of thioether (sulfide) groups is 1. The molecule has 1 atom stereocenters. The van der Waals surface area contributed by atoms with Gasteiger partial charge in [-0.05, 0) is 30.7 Å². The van der Waals surface area contributed by atoms with Crippen LogP contribution in [0.5, 0.6) is 0 Å². The zero-order valence-electron chi connectivity index (χ0n) is 11.4. The number of amides is 3. The number of nitrogens with one attached hydrogen (secondary N) is 1. The van der Waals surface area contributed by atoms with Crippen LogP contribution in [0.4, 0.5) is 4.79 Å². The lowest BCUT2D eigenvalue weighted by molar-refractivity contribution is -0.118. The quantitative estimate of drug-likeness (QED) is 0.927. The number of rotatable bonds is 4. The predicted molar refractivity (Wildman–Crippen MR) is 86.2 cm³/mol. The average Bonchev–Trinajstić information content (AvgIpc) is 3.13. The summed E-state index contributed by atoms with van der Waals surface area (Å²) in [6, 6.07) is 3.53. The van der Waals surface area contributed by atoms with Crippen molar-refractivity contribution in [3.63, 3.8) is 0 Å². The van der Waals surface area contributed by atoms with E-state index in [2.05, 4.69) is 15.3 Å². The molecule has 21 heavy (non-hydrogen) atoms. The Hall–Kier alpha value is -1.47. The van der Waals surface area contributed by atoms with Gasteiger partial charge in [0.15, 0.2) is 0 Å². The van der Waals surface area contributed by atoms with Crippen molar-refractivity contribution in [3.05, 3.63) is 22.4 Å². The molecule has 5 nitrogen and oxygen atoms in total. The molecule has 1 N–H and O–H groups in total. The summed E-state index contributed by atoms with van der Waals surface area (Å²) in [5, 5.41) is 5.62. The van der Waals surface area contributed by atoms with E-state index in [0.717, 1.165) is 34.9 Å². The monoisotopic (exact) mass is 321 g/mol. The highest BCUT2D eigenvalue weighted by atomic mass is 32.2. The van der Waals surface area contributed by atoms with Crippen molar-refractivity contribution in [2.75, 3.05) is 5.75 Å². The van der Waals surface area contributed by atoms with Crippen LogP contribution >= 0.6 is 23.1 Å². The summed E-state index contributed by atoms with van der Waals surface area (Å²) in [5.74, 6) is 0.421. The molecule has 0 radical (unpaired) electrons. The van der Waals surface area contributed by atoms with Crippen LogP contribution in [0, 0.1) is 5.92 Å². The van der Waals surface area contributed by atoms with Crippen LogP contribution in [0.3, 0.4) is 0 Å². The van der Waals surface area contributed by atoms with E-state index in [4.69, 9.17) is 0 Å². The van der Waals surface area contributed by atoms with Crippen molar-refractivity contribution in [2.45, 2.75) is 25.8 Å². The second kappa shape index (κ2) is 6.53. The Morgan fingerprint density at radius 2 is 2.38 bits per heavy atom. The average molecular weight is 321 g/mol. The van der Waals surface area contributed by atoms with Gasteiger partial charge in [-0.2, -0.15) is 4.99 Å². The normalized spacial score (nSPS) is 20.8. The van der Waals surface area contributed by atoms with Crippen LogP contribution < -0.4 is 5.32 Å². The fourth-order valence-corrected chi connectivity index (χ4v) is 4.09. The fraction of sp³-hybridized carbons (Fsp3) is 0.429. The Morgan fingerprint density at radius 1 is 1.48 bits per heavy atom. The van der Waals surface area contributed by atoms with Crippen LogP contribution in [-0.4, -0.2) is 28.4 Å². The number of hydrogen-bond acceptors (Lipinski definition) is 4. The van der Waals surface area contributed by atoms with Gasteiger partial charge in [0, 0.05) is 16.5 Å². The third-order valence-electron chi connectivity index (χ3n) is 3.46. The van der Waals surface area contributed by atoms with Gasteiger partial charge in [0.05, 0.1) is 17.3 Å². The first-order valence-electron chi connectivity index (χ1n) is 6.84. The molecule has 1 fully saturated rings. The molecule has 0 aromatic carbocycles. The molecule has 0 saturated heterocycles. The maximum atomic E-state index is 11.9. The Balaban J connectivity index is 1.50. The van der Waals surface area contributed by atoms with E-state index >= 15 is 0 Å². The van der Waals surface area contributed by atoms with Gasteiger partial charge < -0.3 is 5.32 Å². The molecular formula is C14H15N3O2S2. The number of thiophene rings is 1. The Labute approximate surface area is 130 Å². The topological polar surface area (TPSA) is 70.9 Å². The van der Waals surface area contributed by atoms with Gasteiger partial charge in [0.25, 0.3) is 0 Å². The number of hydrogen-bond donors (Lipinski definition) is 1. The molecule has 0 bridgehead atoms. The van der Waals surface area contributed by atoms with Gasteiger partial charge in [-0.25, -0.2) is 9.79 Å². The second-order valence-electron chi connectivity index (χ2n) is 4.93. The first-order valence-corrected chi connectivity index (χ1v) is 8.71. The van der Waals surface area contributed by atoms with Gasteiger partial charge >= 0.3 is 6.03 Å². The highest BCUT2D eigenvalue weighted by Gasteiger charge is 2.32. The van der Waals surface area contributed by atoms with E-state index in [1.807, 2.05) is 17.5 Å². The minimum Gasteiger partial charge on any atom is -0.350 e. The highest BCUT2D eigenvalue weighted by Crippen LogP contribution is 2.31. The highest BCUT2D eigenvalue weighted by molar-refractivity contribution is 8.14. The molecule has 1 aliphatic carbocycles. The molecule has 7 heteroatoms. The first kappa shape index (κ1) is 14.5. The van der Waals surface area contributed by atoms with Gasteiger partial charge in [-0.1, -0.05) is 6.07 Å². The molecular weight excluding hydrogens is 306 g/mol. The van der Waals surface area contributed by atoms with Crippen molar-refractivity contribution in [3.8, 4) is 0 Å². The number of urea groups is 1. The van der Waals surface area contributed by atoms with Crippen molar-refractivity contribution < 1.29 is 9.59 Å². The molecule has 1 unspecified atom stereocenters. The lowest BCUT2D eigenvalue weighted by Gasteiger charge is -2.16. The summed E-state index contributed by atoms with van der Waals surface area (Å²) < 4.78 is 0. The zero-order chi connectivity index (χ0) is 14.7. The molecule has 0 spiro atoms. The summed E-state index contributed by atoms with van der Waals surface area (Å²) >= 11 is 2.98. The van der Waals surface area contributed by atoms with E-state index in [-0.39, 0.29) is 11.8 Å². The minimum absolute atomic E-state index is 0.0365. The molecule has 1 aromatic rings. The molecule has 1 saturated carbocycles. The maximum absolute atomic E-state index is 11.9. The predicted octanol–water partition coefficient (Wildman–Crippen LogP) is 2.87. The van der Waals surface area contributed by atoms with Gasteiger partial charge in [0.1, 0.15) is 0 Å². The summed E-state index contributed by atoms with van der Waals surface area (Å²) in [6.07, 6.45) is 2.90. The van der Waals surface area contributed by atoms with Crippen LogP contribution in [0.25, 0.3) is 0 Å². The minimum atomic E-state index is -0.426. The number of carbonyl (C=O) groups is 2. The molecule has 2 heterocycles. The van der Waals surface area contributed by atoms with Crippen molar-refractivity contribution >= 4 is 45.8 Å². The Bertz CT molecular complexity index is 608. The first-order chi connectivity index (χ1) is 10.2. The van der Waals surface area contributed by atoms with E-state index in [0.29, 0.717) is 12.3 Å². The van der Waals surface area contributed by atoms with Crippen molar-refractivity contribution in [2.24, 2.45) is 15.9 Å². The van der Waals surface area contributed by atoms with Crippen LogP contribution in [0.2, 0.25) is 0 Å². The number of nitrogens with zero attached hydrogens (tertiary/aromatic N) is 2. The fourth-order valence-electron chi connectivity index (χ4n) is 2.47. The van der Waals surface area contributed by atoms with Gasteiger partial charge in [-0.3, -0.25) is 4.79 Å². The Kier molecular flexibility index (Phi) is 4.50. The third-order valence-corrected chi connectivity index (χ3v) is 5.42. The summed E-state index contributed by atoms with van der Waals surface area (Å²) in [4.78, 5) is 32.4. The molecule has 110 valence electrons. The number of aliphatic imine (C=N–C) groups is 2. The van der Waals surface area contributed by atoms with E-state index < -0.39 is 6.03 Å². The van der Waals surface area contributed by atoms with Crippen molar-refractivity contribution in [1.82, 2.24) is 5.32 Å². The van der Waals surface area contributed by atoms with Crippen LogP contribution in [0.15, 0.2) is 27.5 Å². The SMILES string of the molecule is O=C1N=C2CCCC2C(SCC(=O)NCc2cccs2)=N1. The van der Waals surface area contributed by atoms with Crippen LogP contribution in [-0.2, 0) is 11.3 Å². The van der Waals surface area contributed by atoms with Crippen LogP contribution in [0.1, 0.15) is 24.1 Å². The number of fused-ring (bicyclic) bond motifs is 1. The van der Waals surface area contributed by atoms with E-state index in [1.165, 1.54) is 11.8 Å². The van der Waals surface area contributed by atoms with E-state index in [9.17, 15) is 9.59 Å². The third kappa shape index (κ3) is 3.59. The molecule has 1 aliphatic heterocycles. The molecule has 3 amide bonds. The second-order valence-corrected chi connectivity index (χ2v) is 6.95. The maximum Gasteiger partial charge on any atom is 0.367 e. The molecule has 2 aliphatic rings. The molecule has 3 rings (SSSR count). The Morgan fingerprint density at radius 3 is 3.19 bits per heavy atom. The zero-order valence-corrected chi connectivity index (χ0v) is 13.0. The van der Waals surface area contributed by atoms with Gasteiger partial charge in [0.2, 0.25) is 5.91 Å². The largest absolute Gasteiger partial charge is 0.367 e. The number of carbonyl (C=O) groups excluding carboxylic acids is 2. The lowest BCUT2D eigenvalue weighted by atomic mass is 10.1. The summed E-state index contributed by atoms with van der Waals surface area (Å²) in [6.45, 7) is 0.554. The summed E-state index contributed by atoms with van der Waals surface area (Å²) in [5.41, 5.74) is 0.941.